The van der Waals surface area contributed by atoms with Crippen LogP contribution in [0.5, 0.6) is 5.75 Å². The van der Waals surface area contributed by atoms with Gasteiger partial charge in [-0.05, 0) is 49.0 Å². The highest BCUT2D eigenvalue weighted by Crippen LogP contribution is 2.11. The van der Waals surface area contributed by atoms with Crippen LogP contribution in [0.2, 0.25) is 0 Å². The van der Waals surface area contributed by atoms with Crippen molar-refractivity contribution in [2.24, 2.45) is 0 Å². The lowest BCUT2D eigenvalue weighted by Gasteiger charge is -2.11. The number of aryl methyl sites for hydroxylation is 1. The summed E-state index contributed by atoms with van der Waals surface area (Å²) in [5.41, 5.74) is 7.26. The average molecular weight is 357 g/mol. The van der Waals surface area contributed by atoms with Gasteiger partial charge in [0, 0.05) is 5.56 Å². The quantitative estimate of drug-likeness (QED) is 0.575. The van der Waals surface area contributed by atoms with Crippen LogP contribution < -0.4 is 20.9 Å². The van der Waals surface area contributed by atoms with E-state index in [1.165, 1.54) is 0 Å². The zero-order valence-electron chi connectivity index (χ0n) is 14.0. The highest BCUT2D eigenvalue weighted by atomic mass is 32.1. The van der Waals surface area contributed by atoms with E-state index in [1.54, 1.807) is 49.6 Å². The highest BCUT2D eigenvalue weighted by Gasteiger charge is 2.09. The van der Waals surface area contributed by atoms with Crippen LogP contribution in [0.4, 0.5) is 0 Å². The Kier molecular flexibility index (Phi) is 6.47. The molecule has 3 N–H and O–H groups in total. The van der Waals surface area contributed by atoms with E-state index in [2.05, 4.69) is 16.2 Å². The Bertz CT molecular complexity index is 775. The molecule has 0 bridgehead atoms. The van der Waals surface area contributed by atoms with Gasteiger partial charge in [0.15, 0.2) is 5.11 Å². The molecule has 0 fully saturated rings. The minimum atomic E-state index is -0.342. The van der Waals surface area contributed by atoms with Gasteiger partial charge in [-0.15, -0.1) is 0 Å². The second-order valence-electron chi connectivity index (χ2n) is 5.35. The molecule has 0 radical (unpaired) electrons. The molecule has 0 aliphatic rings. The number of benzene rings is 2. The van der Waals surface area contributed by atoms with Gasteiger partial charge in [-0.1, -0.05) is 29.8 Å². The Morgan fingerprint density at radius 2 is 1.80 bits per heavy atom. The lowest BCUT2D eigenvalue weighted by Crippen LogP contribution is -2.48. The van der Waals surface area contributed by atoms with Gasteiger partial charge in [0.25, 0.3) is 5.91 Å². The molecule has 6 nitrogen and oxygen atoms in total. The summed E-state index contributed by atoms with van der Waals surface area (Å²) in [4.78, 5) is 23.9. The first-order chi connectivity index (χ1) is 12.0. The van der Waals surface area contributed by atoms with E-state index in [4.69, 9.17) is 17.0 Å². The lowest BCUT2D eigenvalue weighted by molar-refractivity contribution is -0.121. The maximum Gasteiger partial charge on any atom is 0.257 e. The van der Waals surface area contributed by atoms with Crippen molar-refractivity contribution >= 4 is 29.1 Å². The van der Waals surface area contributed by atoms with E-state index < -0.39 is 0 Å². The van der Waals surface area contributed by atoms with Crippen LogP contribution in [-0.4, -0.2) is 24.0 Å². The van der Waals surface area contributed by atoms with E-state index in [-0.39, 0.29) is 23.3 Å². The molecule has 2 rings (SSSR count). The van der Waals surface area contributed by atoms with Crippen molar-refractivity contribution in [1.82, 2.24) is 16.2 Å². The SMILES string of the molecule is COc1ccc(CC(=O)NNC(=S)NC(=O)c2cccc(C)c2)cc1. The highest BCUT2D eigenvalue weighted by molar-refractivity contribution is 7.80. The third kappa shape index (κ3) is 5.89. The van der Waals surface area contributed by atoms with E-state index in [0.29, 0.717) is 5.56 Å². The molecule has 0 aliphatic heterocycles. The Morgan fingerprint density at radius 3 is 2.44 bits per heavy atom. The zero-order valence-corrected chi connectivity index (χ0v) is 14.8. The van der Waals surface area contributed by atoms with Crippen LogP contribution in [0, 0.1) is 6.92 Å². The van der Waals surface area contributed by atoms with Gasteiger partial charge in [0.1, 0.15) is 5.75 Å². The molecular formula is C18H19N3O3S. The van der Waals surface area contributed by atoms with Gasteiger partial charge in [-0.25, -0.2) is 0 Å². The number of hydrazine groups is 1. The van der Waals surface area contributed by atoms with Gasteiger partial charge in [0.05, 0.1) is 13.5 Å². The predicted octanol–water partition coefficient (Wildman–Crippen LogP) is 1.88. The molecule has 2 aromatic carbocycles. The van der Waals surface area contributed by atoms with Crippen molar-refractivity contribution in [2.75, 3.05) is 7.11 Å². The summed E-state index contributed by atoms with van der Waals surface area (Å²) in [6.45, 7) is 1.90. The number of methoxy groups -OCH3 is 1. The Balaban J connectivity index is 1.78. The average Bonchev–Trinajstić information content (AvgIpc) is 2.60. The zero-order chi connectivity index (χ0) is 18.2. The molecule has 0 aliphatic carbocycles. The number of hydrogen-bond acceptors (Lipinski definition) is 4. The number of amides is 2. The Labute approximate surface area is 151 Å². The summed E-state index contributed by atoms with van der Waals surface area (Å²) < 4.78 is 5.06. The van der Waals surface area contributed by atoms with E-state index >= 15 is 0 Å². The summed E-state index contributed by atoms with van der Waals surface area (Å²) in [5.74, 6) is 0.102. The van der Waals surface area contributed by atoms with Crippen LogP contribution in [0.1, 0.15) is 21.5 Å². The summed E-state index contributed by atoms with van der Waals surface area (Å²) in [7, 11) is 1.58. The molecule has 25 heavy (non-hydrogen) atoms. The number of ether oxygens (including phenoxy) is 1. The first-order valence-electron chi connectivity index (χ1n) is 7.57. The molecule has 7 heteroatoms. The number of hydrogen-bond donors (Lipinski definition) is 3. The van der Waals surface area contributed by atoms with Gasteiger partial charge in [-0.3, -0.25) is 25.8 Å². The largest absolute Gasteiger partial charge is 0.497 e. The topological polar surface area (TPSA) is 79.5 Å². The first-order valence-corrected chi connectivity index (χ1v) is 7.98. The van der Waals surface area contributed by atoms with Crippen molar-refractivity contribution in [3.05, 3.63) is 65.2 Å². The fraction of sp³-hybridized carbons (Fsp3) is 0.167. The number of nitrogens with one attached hydrogen (secondary N) is 3. The standard InChI is InChI=1S/C18H19N3O3S/c1-12-4-3-5-14(10-12)17(23)19-18(25)21-20-16(22)11-13-6-8-15(24-2)9-7-13/h3-10H,11H2,1-2H3,(H,20,22)(H2,19,21,23,25). The van der Waals surface area contributed by atoms with Gasteiger partial charge >= 0.3 is 0 Å². The van der Waals surface area contributed by atoms with E-state index in [1.807, 2.05) is 13.0 Å². The molecule has 0 saturated heterocycles. The molecule has 2 amide bonds. The number of carbonyl (C=O) groups excluding carboxylic acids is 2. The summed E-state index contributed by atoms with van der Waals surface area (Å²) in [5, 5.41) is 2.53. The van der Waals surface area contributed by atoms with Gasteiger partial charge in [-0.2, -0.15) is 0 Å². The third-order valence-electron chi connectivity index (χ3n) is 3.35. The maximum atomic E-state index is 12.0. The Hall–Kier alpha value is -2.93. The van der Waals surface area contributed by atoms with Crippen molar-refractivity contribution in [3.63, 3.8) is 0 Å². The molecule has 0 saturated carbocycles. The van der Waals surface area contributed by atoms with Crippen LogP contribution in [0.15, 0.2) is 48.5 Å². The molecule has 0 aromatic heterocycles. The molecule has 0 heterocycles. The smallest absolute Gasteiger partial charge is 0.257 e. The van der Waals surface area contributed by atoms with Crippen LogP contribution in [-0.2, 0) is 11.2 Å². The lowest BCUT2D eigenvalue weighted by atomic mass is 10.1. The molecular weight excluding hydrogens is 338 g/mol. The second-order valence-corrected chi connectivity index (χ2v) is 5.76. The van der Waals surface area contributed by atoms with Crippen molar-refractivity contribution in [2.45, 2.75) is 13.3 Å². The summed E-state index contributed by atoms with van der Waals surface area (Å²) >= 11 is 5.00. The predicted molar refractivity (Wildman–Crippen MR) is 99.2 cm³/mol. The normalized spacial score (nSPS) is 9.84. The fourth-order valence-electron chi connectivity index (χ4n) is 2.09. The van der Waals surface area contributed by atoms with E-state index in [9.17, 15) is 9.59 Å². The van der Waals surface area contributed by atoms with Crippen LogP contribution in [0.25, 0.3) is 0 Å². The molecule has 2 aromatic rings. The van der Waals surface area contributed by atoms with Crippen molar-refractivity contribution in [1.29, 1.82) is 0 Å². The maximum absolute atomic E-state index is 12.0. The monoisotopic (exact) mass is 357 g/mol. The second kappa shape index (κ2) is 8.79. The first kappa shape index (κ1) is 18.4. The van der Waals surface area contributed by atoms with Crippen molar-refractivity contribution < 1.29 is 14.3 Å². The number of carbonyl (C=O) groups is 2. The Morgan fingerprint density at radius 1 is 1.08 bits per heavy atom. The molecule has 0 spiro atoms. The molecule has 130 valence electrons. The van der Waals surface area contributed by atoms with Gasteiger partial charge < -0.3 is 4.74 Å². The van der Waals surface area contributed by atoms with Crippen molar-refractivity contribution in [3.8, 4) is 5.75 Å². The number of rotatable bonds is 4. The number of thiocarbonyl (C=S) groups is 1. The molecule has 0 atom stereocenters. The van der Waals surface area contributed by atoms with E-state index in [0.717, 1.165) is 16.9 Å². The third-order valence-corrected chi connectivity index (χ3v) is 3.55. The minimum absolute atomic E-state index is 0.0228. The fourth-order valence-corrected chi connectivity index (χ4v) is 2.24. The summed E-state index contributed by atoms with van der Waals surface area (Å²) in [6.07, 6.45) is 0.172. The van der Waals surface area contributed by atoms with Crippen LogP contribution in [0.3, 0.4) is 0 Å². The van der Waals surface area contributed by atoms with Crippen LogP contribution >= 0.6 is 12.2 Å². The van der Waals surface area contributed by atoms with Gasteiger partial charge in [0.2, 0.25) is 5.91 Å². The molecule has 0 unspecified atom stereocenters. The summed E-state index contributed by atoms with van der Waals surface area (Å²) in [6, 6.07) is 14.3. The minimum Gasteiger partial charge on any atom is -0.497 e.